The van der Waals surface area contributed by atoms with Crippen LogP contribution in [0.2, 0.25) is 0 Å². The summed E-state index contributed by atoms with van der Waals surface area (Å²) in [5.74, 6) is 0. The first-order valence-electron chi connectivity index (χ1n) is 8.81. The van der Waals surface area contributed by atoms with Crippen LogP contribution in [-0.2, 0) is 10.9 Å². The molecular formula is C20H18F3N3O. The molecule has 27 heavy (non-hydrogen) atoms. The van der Waals surface area contributed by atoms with Gasteiger partial charge in [0.1, 0.15) is 11.9 Å². The van der Waals surface area contributed by atoms with Crippen molar-refractivity contribution >= 4 is 0 Å². The number of pyridine rings is 1. The topological polar surface area (TPSA) is 39.9 Å². The molecule has 1 unspecified atom stereocenters. The molecule has 4 rings (SSSR count). The Balaban J connectivity index is 1.82. The monoisotopic (exact) mass is 373 g/mol. The molecule has 2 aromatic heterocycles. The van der Waals surface area contributed by atoms with E-state index in [2.05, 4.69) is 10.1 Å². The van der Waals surface area contributed by atoms with Crippen molar-refractivity contribution in [2.24, 2.45) is 0 Å². The molecular weight excluding hydrogens is 355 g/mol. The highest BCUT2D eigenvalue weighted by Gasteiger charge is 2.31. The van der Waals surface area contributed by atoms with E-state index in [-0.39, 0.29) is 6.23 Å². The summed E-state index contributed by atoms with van der Waals surface area (Å²) in [6.07, 6.45) is 3.43. The lowest BCUT2D eigenvalue weighted by Crippen LogP contribution is -2.18. The number of hydrogen-bond donors (Lipinski definition) is 0. The molecule has 0 saturated carbocycles. The zero-order chi connectivity index (χ0) is 18.9. The molecule has 3 heterocycles. The van der Waals surface area contributed by atoms with Crippen LogP contribution >= 0.6 is 0 Å². The summed E-state index contributed by atoms with van der Waals surface area (Å²) in [6, 6.07) is 8.90. The van der Waals surface area contributed by atoms with Gasteiger partial charge in [0.25, 0.3) is 0 Å². The van der Waals surface area contributed by atoms with Crippen LogP contribution in [0.1, 0.15) is 31.1 Å². The molecule has 0 N–H and O–H groups in total. The minimum Gasteiger partial charge on any atom is -0.357 e. The Morgan fingerprint density at radius 1 is 1.04 bits per heavy atom. The lowest BCUT2D eigenvalue weighted by Gasteiger charge is -2.22. The maximum Gasteiger partial charge on any atom is 0.416 e. The first-order valence-corrected chi connectivity index (χ1v) is 8.81. The zero-order valence-corrected chi connectivity index (χ0v) is 14.5. The van der Waals surface area contributed by atoms with Crippen LogP contribution in [0.4, 0.5) is 13.2 Å². The molecule has 7 heteroatoms. The number of halogens is 3. The largest absolute Gasteiger partial charge is 0.416 e. The van der Waals surface area contributed by atoms with Gasteiger partial charge in [-0.2, -0.15) is 18.3 Å². The number of benzene rings is 1. The number of aromatic nitrogens is 3. The Bertz CT molecular complexity index is 916. The van der Waals surface area contributed by atoms with Crippen LogP contribution in [-0.4, -0.2) is 21.4 Å². The second kappa shape index (κ2) is 7.15. The highest BCUT2D eigenvalue weighted by Crippen LogP contribution is 2.36. The van der Waals surface area contributed by atoms with E-state index in [1.807, 2.05) is 18.3 Å². The molecule has 0 spiro atoms. The van der Waals surface area contributed by atoms with Crippen molar-refractivity contribution in [1.82, 2.24) is 14.8 Å². The van der Waals surface area contributed by atoms with Gasteiger partial charge in [0, 0.05) is 36.3 Å². The van der Waals surface area contributed by atoms with E-state index in [1.165, 1.54) is 6.07 Å². The highest BCUT2D eigenvalue weighted by atomic mass is 19.4. The molecule has 140 valence electrons. The van der Waals surface area contributed by atoms with Gasteiger partial charge < -0.3 is 4.74 Å². The van der Waals surface area contributed by atoms with Crippen LogP contribution in [0.25, 0.3) is 22.4 Å². The summed E-state index contributed by atoms with van der Waals surface area (Å²) in [5.41, 5.74) is 1.84. The number of hydrogen-bond acceptors (Lipinski definition) is 3. The molecule has 0 amide bonds. The van der Waals surface area contributed by atoms with Gasteiger partial charge in [0.15, 0.2) is 0 Å². The maximum absolute atomic E-state index is 13.1. The predicted molar refractivity (Wildman–Crippen MR) is 94.7 cm³/mol. The van der Waals surface area contributed by atoms with E-state index in [0.29, 0.717) is 17.9 Å². The molecule has 0 aliphatic carbocycles. The van der Waals surface area contributed by atoms with E-state index in [9.17, 15) is 13.2 Å². The van der Waals surface area contributed by atoms with Gasteiger partial charge in [-0.15, -0.1) is 0 Å². The predicted octanol–water partition coefficient (Wildman–Crippen LogP) is 5.33. The molecule has 0 bridgehead atoms. The van der Waals surface area contributed by atoms with Crippen molar-refractivity contribution < 1.29 is 17.9 Å². The fourth-order valence-electron chi connectivity index (χ4n) is 3.27. The normalized spacial score (nSPS) is 17.8. The first kappa shape index (κ1) is 17.7. The third-order valence-electron chi connectivity index (χ3n) is 4.64. The molecule has 0 radical (unpaired) electrons. The van der Waals surface area contributed by atoms with Crippen molar-refractivity contribution in [3.63, 3.8) is 0 Å². The number of ether oxygens (including phenoxy) is 1. The fourth-order valence-corrected chi connectivity index (χ4v) is 3.27. The number of alkyl halides is 3. The van der Waals surface area contributed by atoms with E-state index in [0.717, 1.165) is 42.5 Å². The summed E-state index contributed by atoms with van der Waals surface area (Å²) in [7, 11) is 0. The molecule has 1 aliphatic heterocycles. The minimum absolute atomic E-state index is 0.195. The third kappa shape index (κ3) is 3.73. The standard InChI is InChI=1S/C20H18F3N3O/c21-20(22,23)16-5-3-4-15(12-16)19-17(14-7-9-24-10-8-14)13-26(25-19)18-6-1-2-11-27-18/h3-5,7-10,12-13,18H,1-2,6,11H2. The Morgan fingerprint density at radius 2 is 1.85 bits per heavy atom. The molecule has 4 nitrogen and oxygen atoms in total. The van der Waals surface area contributed by atoms with Crippen LogP contribution < -0.4 is 0 Å². The minimum atomic E-state index is -4.40. The number of nitrogens with zero attached hydrogens (tertiary/aromatic N) is 3. The van der Waals surface area contributed by atoms with Gasteiger partial charge in [0.2, 0.25) is 0 Å². The van der Waals surface area contributed by atoms with E-state index >= 15 is 0 Å². The first-order chi connectivity index (χ1) is 13.0. The Morgan fingerprint density at radius 3 is 2.56 bits per heavy atom. The van der Waals surface area contributed by atoms with Crippen LogP contribution in [0.3, 0.4) is 0 Å². The van der Waals surface area contributed by atoms with Gasteiger partial charge in [-0.05, 0) is 49.1 Å². The fraction of sp³-hybridized carbons (Fsp3) is 0.300. The third-order valence-corrected chi connectivity index (χ3v) is 4.64. The van der Waals surface area contributed by atoms with Crippen molar-refractivity contribution in [1.29, 1.82) is 0 Å². The second-order valence-electron chi connectivity index (χ2n) is 6.51. The summed E-state index contributed by atoms with van der Waals surface area (Å²) < 4.78 is 47.0. The SMILES string of the molecule is FC(F)(F)c1cccc(-c2nn(C3CCCCO3)cc2-c2ccncc2)c1. The lowest BCUT2D eigenvalue weighted by molar-refractivity contribution is -0.137. The van der Waals surface area contributed by atoms with E-state index < -0.39 is 11.7 Å². The van der Waals surface area contributed by atoms with Crippen molar-refractivity contribution in [2.45, 2.75) is 31.7 Å². The van der Waals surface area contributed by atoms with Gasteiger partial charge in [-0.1, -0.05) is 12.1 Å². The van der Waals surface area contributed by atoms with Crippen molar-refractivity contribution in [3.05, 3.63) is 60.6 Å². The Kier molecular flexibility index (Phi) is 4.70. The summed E-state index contributed by atoms with van der Waals surface area (Å²) in [6.45, 7) is 0.661. The van der Waals surface area contributed by atoms with Crippen LogP contribution in [0, 0.1) is 0 Å². The van der Waals surface area contributed by atoms with Crippen molar-refractivity contribution in [3.8, 4) is 22.4 Å². The number of rotatable bonds is 3. The van der Waals surface area contributed by atoms with Gasteiger partial charge in [-0.3, -0.25) is 4.98 Å². The quantitative estimate of drug-likeness (QED) is 0.623. The van der Waals surface area contributed by atoms with Crippen LogP contribution in [0.15, 0.2) is 55.0 Å². The van der Waals surface area contributed by atoms with E-state index in [1.54, 1.807) is 23.1 Å². The molecule has 1 aliphatic rings. The van der Waals surface area contributed by atoms with Gasteiger partial charge in [0.05, 0.1) is 5.56 Å². The molecule has 1 fully saturated rings. The van der Waals surface area contributed by atoms with Gasteiger partial charge >= 0.3 is 6.18 Å². The molecule has 3 aromatic rings. The maximum atomic E-state index is 13.1. The van der Waals surface area contributed by atoms with E-state index in [4.69, 9.17) is 4.74 Å². The summed E-state index contributed by atoms with van der Waals surface area (Å²) in [4.78, 5) is 4.02. The Hall–Kier alpha value is -2.67. The zero-order valence-electron chi connectivity index (χ0n) is 14.5. The highest BCUT2D eigenvalue weighted by molar-refractivity contribution is 5.80. The summed E-state index contributed by atoms with van der Waals surface area (Å²) >= 11 is 0. The average Bonchev–Trinajstić information content (AvgIpc) is 3.14. The average molecular weight is 373 g/mol. The summed E-state index contributed by atoms with van der Waals surface area (Å²) in [5, 5.41) is 4.61. The second-order valence-corrected chi connectivity index (χ2v) is 6.51. The van der Waals surface area contributed by atoms with Crippen LogP contribution in [0.5, 0.6) is 0 Å². The Labute approximate surface area is 154 Å². The molecule has 1 atom stereocenters. The molecule has 1 saturated heterocycles. The van der Waals surface area contributed by atoms with Gasteiger partial charge in [-0.25, -0.2) is 4.68 Å². The van der Waals surface area contributed by atoms with Crippen molar-refractivity contribution in [2.75, 3.05) is 6.61 Å². The lowest BCUT2D eigenvalue weighted by atomic mass is 10.0. The molecule has 1 aromatic carbocycles. The smallest absolute Gasteiger partial charge is 0.357 e.